The van der Waals surface area contributed by atoms with Crippen LogP contribution in [-0.4, -0.2) is 12.6 Å². The van der Waals surface area contributed by atoms with Gasteiger partial charge in [-0.3, -0.25) is 0 Å². The van der Waals surface area contributed by atoms with Crippen LogP contribution in [0, 0.1) is 5.92 Å². The third-order valence-electron chi connectivity index (χ3n) is 4.21. The minimum atomic E-state index is 0.503. The van der Waals surface area contributed by atoms with Gasteiger partial charge >= 0.3 is 0 Å². The summed E-state index contributed by atoms with van der Waals surface area (Å²) in [6.07, 6.45) is 9.55. The zero-order valence-electron chi connectivity index (χ0n) is 12.0. The molecule has 1 saturated carbocycles. The summed E-state index contributed by atoms with van der Waals surface area (Å²) in [5.41, 5.74) is 1.25. The summed E-state index contributed by atoms with van der Waals surface area (Å²) in [5.74, 6) is 0.885. The number of rotatable bonds is 5. The Morgan fingerprint density at radius 2 is 1.84 bits per heavy atom. The van der Waals surface area contributed by atoms with Gasteiger partial charge in [0, 0.05) is 11.1 Å². The molecule has 0 heterocycles. The van der Waals surface area contributed by atoms with Crippen molar-refractivity contribution in [1.29, 1.82) is 0 Å². The Morgan fingerprint density at radius 3 is 2.53 bits per heavy atom. The molecule has 1 unspecified atom stereocenters. The van der Waals surface area contributed by atoms with Crippen LogP contribution in [0.5, 0.6) is 0 Å². The highest BCUT2D eigenvalue weighted by Gasteiger charge is 2.13. The van der Waals surface area contributed by atoms with E-state index in [-0.39, 0.29) is 0 Å². The highest BCUT2D eigenvalue weighted by molar-refractivity contribution is 6.31. The van der Waals surface area contributed by atoms with Gasteiger partial charge in [-0.1, -0.05) is 55.5 Å². The first-order valence-electron chi connectivity index (χ1n) is 7.72. The molecular formula is C17H26ClN. The van der Waals surface area contributed by atoms with Gasteiger partial charge < -0.3 is 5.32 Å². The standard InChI is InChI=1S/C17H26ClN/c1-14(12-16-10-6-7-11-17(16)18)19-13-15-8-4-2-3-5-9-15/h6-7,10-11,14-15,19H,2-5,8-9,12-13H2,1H3. The molecule has 0 spiro atoms. The lowest BCUT2D eigenvalue weighted by Gasteiger charge is -2.19. The van der Waals surface area contributed by atoms with E-state index in [2.05, 4.69) is 24.4 Å². The van der Waals surface area contributed by atoms with Gasteiger partial charge in [-0.2, -0.15) is 0 Å². The lowest BCUT2D eigenvalue weighted by molar-refractivity contribution is 0.398. The zero-order valence-corrected chi connectivity index (χ0v) is 12.8. The maximum Gasteiger partial charge on any atom is 0.0438 e. The minimum Gasteiger partial charge on any atom is -0.314 e. The fourth-order valence-electron chi connectivity index (χ4n) is 3.00. The van der Waals surface area contributed by atoms with E-state index in [9.17, 15) is 0 Å². The van der Waals surface area contributed by atoms with Crippen molar-refractivity contribution >= 4 is 11.6 Å². The molecule has 1 aliphatic carbocycles. The Kier molecular flexibility index (Phi) is 6.19. The molecule has 1 fully saturated rings. The van der Waals surface area contributed by atoms with Crippen molar-refractivity contribution < 1.29 is 0 Å². The van der Waals surface area contributed by atoms with E-state index in [1.165, 1.54) is 50.6 Å². The second kappa shape index (κ2) is 7.91. The predicted molar refractivity (Wildman–Crippen MR) is 83.8 cm³/mol. The van der Waals surface area contributed by atoms with Gasteiger partial charge in [0.2, 0.25) is 0 Å². The molecule has 0 aliphatic heterocycles. The van der Waals surface area contributed by atoms with Crippen LogP contribution < -0.4 is 5.32 Å². The van der Waals surface area contributed by atoms with Crippen molar-refractivity contribution in [2.24, 2.45) is 5.92 Å². The molecule has 1 aromatic rings. The number of nitrogens with one attached hydrogen (secondary N) is 1. The van der Waals surface area contributed by atoms with Crippen molar-refractivity contribution in [3.63, 3.8) is 0 Å². The van der Waals surface area contributed by atoms with Gasteiger partial charge in [0.05, 0.1) is 0 Å². The van der Waals surface area contributed by atoms with Gasteiger partial charge in [-0.05, 0) is 50.3 Å². The highest BCUT2D eigenvalue weighted by atomic mass is 35.5. The fraction of sp³-hybridized carbons (Fsp3) is 0.647. The molecule has 1 N–H and O–H groups in total. The van der Waals surface area contributed by atoms with Crippen molar-refractivity contribution in [2.45, 2.75) is 57.9 Å². The summed E-state index contributed by atoms with van der Waals surface area (Å²) in [5, 5.41) is 4.59. The van der Waals surface area contributed by atoms with Crippen LogP contribution in [0.4, 0.5) is 0 Å². The Labute approximate surface area is 122 Å². The molecule has 1 aromatic carbocycles. The average molecular weight is 280 g/mol. The SMILES string of the molecule is CC(Cc1ccccc1Cl)NCC1CCCCCC1. The number of benzene rings is 1. The van der Waals surface area contributed by atoms with Crippen molar-refractivity contribution in [3.05, 3.63) is 34.9 Å². The highest BCUT2D eigenvalue weighted by Crippen LogP contribution is 2.22. The van der Waals surface area contributed by atoms with Crippen LogP contribution in [0.3, 0.4) is 0 Å². The van der Waals surface area contributed by atoms with Crippen LogP contribution in [0.1, 0.15) is 51.0 Å². The minimum absolute atomic E-state index is 0.503. The van der Waals surface area contributed by atoms with E-state index in [0.717, 1.165) is 17.4 Å². The fourth-order valence-corrected chi connectivity index (χ4v) is 3.21. The molecule has 0 saturated heterocycles. The van der Waals surface area contributed by atoms with Gasteiger partial charge in [0.1, 0.15) is 0 Å². The molecule has 0 aromatic heterocycles. The molecule has 2 heteroatoms. The number of hydrogen-bond acceptors (Lipinski definition) is 1. The summed E-state index contributed by atoms with van der Waals surface area (Å²) in [6.45, 7) is 3.44. The Morgan fingerprint density at radius 1 is 1.16 bits per heavy atom. The normalized spacial score (nSPS) is 19.1. The molecule has 1 atom stereocenters. The topological polar surface area (TPSA) is 12.0 Å². The van der Waals surface area contributed by atoms with Crippen molar-refractivity contribution in [1.82, 2.24) is 5.32 Å². The zero-order chi connectivity index (χ0) is 13.5. The molecule has 0 bridgehead atoms. The van der Waals surface area contributed by atoms with Crippen molar-refractivity contribution in [2.75, 3.05) is 6.54 Å². The molecule has 106 valence electrons. The van der Waals surface area contributed by atoms with E-state index < -0.39 is 0 Å². The molecule has 2 rings (SSSR count). The summed E-state index contributed by atoms with van der Waals surface area (Å²) in [6, 6.07) is 8.68. The lowest BCUT2D eigenvalue weighted by atomic mass is 9.99. The second-order valence-electron chi connectivity index (χ2n) is 5.96. The average Bonchev–Trinajstić information content (AvgIpc) is 2.68. The second-order valence-corrected chi connectivity index (χ2v) is 6.37. The summed E-state index contributed by atoms with van der Waals surface area (Å²) in [7, 11) is 0. The van der Waals surface area contributed by atoms with Crippen LogP contribution in [-0.2, 0) is 6.42 Å². The van der Waals surface area contributed by atoms with E-state index in [4.69, 9.17) is 11.6 Å². The molecule has 19 heavy (non-hydrogen) atoms. The molecule has 0 amide bonds. The first-order chi connectivity index (χ1) is 9.25. The quantitative estimate of drug-likeness (QED) is 0.761. The lowest BCUT2D eigenvalue weighted by Crippen LogP contribution is -2.32. The third kappa shape index (κ3) is 5.16. The molecule has 1 aliphatic rings. The van der Waals surface area contributed by atoms with E-state index in [0.29, 0.717) is 6.04 Å². The molecule has 0 radical (unpaired) electrons. The summed E-state index contributed by atoms with van der Waals surface area (Å²) >= 11 is 6.21. The van der Waals surface area contributed by atoms with Crippen LogP contribution >= 0.6 is 11.6 Å². The Hall–Kier alpha value is -0.530. The van der Waals surface area contributed by atoms with Crippen LogP contribution in [0.15, 0.2) is 24.3 Å². The summed E-state index contributed by atoms with van der Waals surface area (Å²) in [4.78, 5) is 0. The number of halogens is 1. The summed E-state index contributed by atoms with van der Waals surface area (Å²) < 4.78 is 0. The van der Waals surface area contributed by atoms with E-state index >= 15 is 0 Å². The Bertz CT molecular complexity index is 369. The first-order valence-corrected chi connectivity index (χ1v) is 8.10. The maximum atomic E-state index is 6.21. The van der Waals surface area contributed by atoms with Crippen LogP contribution in [0.2, 0.25) is 5.02 Å². The van der Waals surface area contributed by atoms with Gasteiger partial charge in [0.15, 0.2) is 0 Å². The van der Waals surface area contributed by atoms with E-state index in [1.807, 2.05) is 12.1 Å². The maximum absolute atomic E-state index is 6.21. The smallest absolute Gasteiger partial charge is 0.0438 e. The molecular weight excluding hydrogens is 254 g/mol. The van der Waals surface area contributed by atoms with E-state index in [1.54, 1.807) is 0 Å². The van der Waals surface area contributed by atoms with Gasteiger partial charge in [-0.15, -0.1) is 0 Å². The monoisotopic (exact) mass is 279 g/mol. The van der Waals surface area contributed by atoms with Crippen molar-refractivity contribution in [3.8, 4) is 0 Å². The largest absolute Gasteiger partial charge is 0.314 e. The first kappa shape index (κ1) is 14.9. The van der Waals surface area contributed by atoms with Gasteiger partial charge in [-0.25, -0.2) is 0 Å². The third-order valence-corrected chi connectivity index (χ3v) is 4.58. The number of hydrogen-bond donors (Lipinski definition) is 1. The Balaban J connectivity index is 1.75. The molecule has 1 nitrogen and oxygen atoms in total. The van der Waals surface area contributed by atoms with Crippen LogP contribution in [0.25, 0.3) is 0 Å². The van der Waals surface area contributed by atoms with Gasteiger partial charge in [0.25, 0.3) is 0 Å². The predicted octanol–water partition coefficient (Wildman–Crippen LogP) is 4.83.